The van der Waals surface area contributed by atoms with Gasteiger partial charge in [0.15, 0.2) is 0 Å². The van der Waals surface area contributed by atoms with Gasteiger partial charge in [0.1, 0.15) is 4.90 Å². The van der Waals surface area contributed by atoms with Crippen LogP contribution >= 0.6 is 0 Å². The van der Waals surface area contributed by atoms with Crippen LogP contribution in [-0.2, 0) is 23.0 Å². The number of sulfonamides is 1. The zero-order chi connectivity index (χ0) is 14.4. The Bertz CT molecular complexity index is 896. The molecule has 4 rings (SSSR count). The molecule has 1 aliphatic rings. The van der Waals surface area contributed by atoms with E-state index in [1.807, 2.05) is 24.3 Å². The normalized spacial score (nSPS) is 16.2. The van der Waals surface area contributed by atoms with Crippen molar-refractivity contribution in [3.05, 3.63) is 47.9 Å². The minimum atomic E-state index is -3.48. The summed E-state index contributed by atoms with van der Waals surface area (Å²) in [5, 5.41) is 7.38. The highest BCUT2D eigenvalue weighted by Crippen LogP contribution is 2.30. The van der Waals surface area contributed by atoms with Gasteiger partial charge in [0.05, 0.1) is 6.20 Å². The number of nitrogens with zero attached hydrogens (tertiary/aromatic N) is 2. The molecule has 0 fully saturated rings. The zero-order valence-electron chi connectivity index (χ0n) is 11.2. The van der Waals surface area contributed by atoms with Crippen LogP contribution in [0.15, 0.2) is 41.6 Å². The van der Waals surface area contributed by atoms with Crippen LogP contribution in [0.2, 0.25) is 0 Å². The van der Waals surface area contributed by atoms with Crippen LogP contribution in [0.5, 0.6) is 0 Å². The molecule has 7 heteroatoms. The molecule has 1 aromatic carbocycles. The molecular formula is C14H14N4O2S. The lowest BCUT2D eigenvalue weighted by Gasteiger charge is -2.25. The van der Waals surface area contributed by atoms with E-state index in [0.29, 0.717) is 19.5 Å². The number of aromatic nitrogens is 3. The summed E-state index contributed by atoms with van der Waals surface area (Å²) < 4.78 is 26.7. The van der Waals surface area contributed by atoms with Crippen LogP contribution in [-0.4, -0.2) is 34.4 Å². The molecule has 1 aliphatic heterocycles. The average Bonchev–Trinajstić information content (AvgIpc) is 3.14. The number of rotatable bonds is 2. The van der Waals surface area contributed by atoms with Gasteiger partial charge in [-0.05, 0) is 11.6 Å². The molecule has 2 N–H and O–H groups in total. The van der Waals surface area contributed by atoms with Crippen LogP contribution in [0.25, 0.3) is 10.9 Å². The van der Waals surface area contributed by atoms with E-state index in [9.17, 15) is 8.42 Å². The molecule has 0 atom stereocenters. The standard InChI is InChI=1S/C14H14N4O2S/c19-21(20,10-7-15-16-8-10)18-6-5-14-12(9-18)11-3-1-2-4-13(11)17-14/h1-4,7-8,17H,5-6,9H2,(H,15,16). The molecule has 0 saturated carbocycles. The van der Waals surface area contributed by atoms with Crippen molar-refractivity contribution in [1.82, 2.24) is 19.5 Å². The number of aromatic amines is 2. The molecule has 0 aliphatic carbocycles. The second-order valence-electron chi connectivity index (χ2n) is 5.15. The molecule has 0 spiro atoms. The van der Waals surface area contributed by atoms with Crippen LogP contribution in [0.1, 0.15) is 11.3 Å². The maximum absolute atomic E-state index is 12.6. The quantitative estimate of drug-likeness (QED) is 0.755. The Morgan fingerprint density at radius 1 is 1.24 bits per heavy atom. The van der Waals surface area contributed by atoms with Gasteiger partial charge in [0.2, 0.25) is 10.0 Å². The van der Waals surface area contributed by atoms with Crippen molar-refractivity contribution in [3.8, 4) is 0 Å². The average molecular weight is 302 g/mol. The van der Waals surface area contributed by atoms with Crippen molar-refractivity contribution < 1.29 is 8.42 Å². The second kappa shape index (κ2) is 4.44. The first kappa shape index (κ1) is 12.6. The van der Waals surface area contributed by atoms with Crippen LogP contribution < -0.4 is 0 Å². The summed E-state index contributed by atoms with van der Waals surface area (Å²) in [5.74, 6) is 0. The van der Waals surface area contributed by atoms with Crippen LogP contribution in [0.3, 0.4) is 0 Å². The van der Waals surface area contributed by atoms with Crippen molar-refractivity contribution in [2.45, 2.75) is 17.9 Å². The van der Waals surface area contributed by atoms with E-state index < -0.39 is 10.0 Å². The van der Waals surface area contributed by atoms with Gasteiger partial charge in [-0.1, -0.05) is 18.2 Å². The number of nitrogens with one attached hydrogen (secondary N) is 2. The van der Waals surface area contributed by atoms with Crippen LogP contribution in [0.4, 0.5) is 0 Å². The fourth-order valence-electron chi connectivity index (χ4n) is 2.88. The van der Waals surface area contributed by atoms with Gasteiger partial charge in [0.25, 0.3) is 0 Å². The molecule has 0 saturated heterocycles. The minimum absolute atomic E-state index is 0.214. The zero-order valence-corrected chi connectivity index (χ0v) is 12.0. The lowest BCUT2D eigenvalue weighted by Crippen LogP contribution is -2.35. The van der Waals surface area contributed by atoms with Crippen molar-refractivity contribution in [2.75, 3.05) is 6.54 Å². The monoisotopic (exact) mass is 302 g/mol. The lowest BCUT2D eigenvalue weighted by atomic mass is 10.1. The summed E-state index contributed by atoms with van der Waals surface area (Å²) in [6, 6.07) is 7.99. The van der Waals surface area contributed by atoms with Crippen molar-refractivity contribution >= 4 is 20.9 Å². The predicted octanol–water partition coefficient (Wildman–Crippen LogP) is 1.64. The smallest absolute Gasteiger partial charge is 0.246 e. The molecule has 0 amide bonds. The molecule has 0 unspecified atom stereocenters. The Balaban J connectivity index is 1.77. The number of fused-ring (bicyclic) bond motifs is 3. The van der Waals surface area contributed by atoms with E-state index in [0.717, 1.165) is 22.2 Å². The van der Waals surface area contributed by atoms with E-state index in [2.05, 4.69) is 15.2 Å². The van der Waals surface area contributed by atoms with E-state index >= 15 is 0 Å². The molecule has 3 heterocycles. The molecule has 0 radical (unpaired) electrons. The minimum Gasteiger partial charge on any atom is -0.358 e. The Morgan fingerprint density at radius 3 is 2.90 bits per heavy atom. The van der Waals surface area contributed by atoms with Gasteiger partial charge in [-0.25, -0.2) is 8.42 Å². The van der Waals surface area contributed by atoms with Gasteiger partial charge >= 0.3 is 0 Å². The maximum atomic E-state index is 12.6. The van der Waals surface area contributed by atoms with Crippen molar-refractivity contribution in [2.24, 2.45) is 0 Å². The first-order chi connectivity index (χ1) is 10.2. The highest BCUT2D eigenvalue weighted by Gasteiger charge is 2.30. The largest absolute Gasteiger partial charge is 0.358 e. The summed E-state index contributed by atoms with van der Waals surface area (Å²) in [4.78, 5) is 3.60. The van der Waals surface area contributed by atoms with E-state index in [1.54, 1.807) is 0 Å². The van der Waals surface area contributed by atoms with E-state index in [4.69, 9.17) is 0 Å². The Kier molecular flexibility index (Phi) is 2.66. The first-order valence-electron chi connectivity index (χ1n) is 6.73. The fraction of sp³-hybridized carbons (Fsp3) is 0.214. The third-order valence-electron chi connectivity index (χ3n) is 3.96. The van der Waals surface area contributed by atoms with E-state index in [1.165, 1.54) is 16.7 Å². The number of hydrogen-bond acceptors (Lipinski definition) is 3. The van der Waals surface area contributed by atoms with Gasteiger partial charge in [-0.3, -0.25) is 5.10 Å². The third kappa shape index (κ3) is 1.89. The summed E-state index contributed by atoms with van der Waals surface area (Å²) in [5.41, 5.74) is 3.27. The Morgan fingerprint density at radius 2 is 2.10 bits per heavy atom. The molecule has 108 valence electrons. The number of benzene rings is 1. The summed E-state index contributed by atoms with van der Waals surface area (Å²) in [7, 11) is -3.48. The van der Waals surface area contributed by atoms with Crippen LogP contribution in [0, 0.1) is 0 Å². The topological polar surface area (TPSA) is 81.8 Å². The first-order valence-corrected chi connectivity index (χ1v) is 8.17. The second-order valence-corrected chi connectivity index (χ2v) is 7.09. The molecule has 2 aromatic heterocycles. The molecule has 6 nitrogen and oxygen atoms in total. The number of H-pyrrole nitrogens is 2. The van der Waals surface area contributed by atoms with Gasteiger partial charge in [-0.2, -0.15) is 9.40 Å². The SMILES string of the molecule is O=S(=O)(c1cn[nH]c1)N1CCc2[nH]c3ccccc3c2C1. The lowest BCUT2D eigenvalue weighted by molar-refractivity contribution is 0.391. The summed E-state index contributed by atoms with van der Waals surface area (Å²) in [6.07, 6.45) is 3.46. The molecule has 0 bridgehead atoms. The number of hydrogen-bond donors (Lipinski definition) is 2. The highest BCUT2D eigenvalue weighted by atomic mass is 32.2. The Labute approximate surface area is 121 Å². The summed E-state index contributed by atoms with van der Waals surface area (Å²) in [6.45, 7) is 0.875. The van der Waals surface area contributed by atoms with Gasteiger partial charge in [-0.15, -0.1) is 0 Å². The third-order valence-corrected chi connectivity index (χ3v) is 5.77. The van der Waals surface area contributed by atoms with Crippen molar-refractivity contribution in [3.63, 3.8) is 0 Å². The fourth-order valence-corrected chi connectivity index (χ4v) is 4.19. The Hall–Kier alpha value is -2.12. The van der Waals surface area contributed by atoms with E-state index in [-0.39, 0.29) is 4.90 Å². The number of para-hydroxylation sites is 1. The predicted molar refractivity (Wildman–Crippen MR) is 78.2 cm³/mol. The maximum Gasteiger partial charge on any atom is 0.246 e. The van der Waals surface area contributed by atoms with Gasteiger partial charge in [0, 0.05) is 42.3 Å². The molecule has 3 aromatic rings. The highest BCUT2D eigenvalue weighted by molar-refractivity contribution is 7.89. The van der Waals surface area contributed by atoms with Crippen molar-refractivity contribution in [1.29, 1.82) is 0 Å². The molecule has 21 heavy (non-hydrogen) atoms. The summed E-state index contributed by atoms with van der Waals surface area (Å²) >= 11 is 0. The van der Waals surface area contributed by atoms with Gasteiger partial charge < -0.3 is 4.98 Å². The molecular weight excluding hydrogens is 288 g/mol.